The predicted molar refractivity (Wildman–Crippen MR) is 169 cm³/mol. The summed E-state index contributed by atoms with van der Waals surface area (Å²) in [5.41, 5.74) is 0.848. The van der Waals surface area contributed by atoms with Gasteiger partial charge < -0.3 is 10.1 Å². The molecule has 0 radical (unpaired) electrons. The van der Waals surface area contributed by atoms with E-state index in [0.717, 1.165) is 31.9 Å². The van der Waals surface area contributed by atoms with Crippen molar-refractivity contribution in [1.29, 1.82) is 0 Å². The minimum Gasteiger partial charge on any atom is -0.450 e. The number of unbranched alkanes of at least 4 members (excludes halogenated alkanes) is 9. The minimum atomic E-state index is -4.49. The fraction of sp³-hybridized carbons (Fsp3) is 0.571. The van der Waals surface area contributed by atoms with Gasteiger partial charge in [-0.3, -0.25) is 14.5 Å². The summed E-state index contributed by atoms with van der Waals surface area (Å²) in [5.74, 6) is -1.78. The van der Waals surface area contributed by atoms with Gasteiger partial charge in [-0.25, -0.2) is 4.79 Å². The Labute approximate surface area is 270 Å². The number of amides is 1. The van der Waals surface area contributed by atoms with Crippen molar-refractivity contribution in [3.05, 3.63) is 70.8 Å². The molecule has 0 saturated carbocycles. The maximum atomic E-state index is 13.1. The van der Waals surface area contributed by atoms with Crippen LogP contribution < -0.4 is 5.32 Å². The van der Waals surface area contributed by atoms with Gasteiger partial charge in [-0.1, -0.05) is 101 Å². The van der Waals surface area contributed by atoms with E-state index >= 15 is 0 Å². The number of hydroxylamine groups is 2. The molecule has 11 heteroatoms. The number of carbonyl (C=O) groups is 3. The maximum absolute atomic E-state index is 13.1. The van der Waals surface area contributed by atoms with Crippen molar-refractivity contribution in [3.8, 4) is 0 Å². The molecule has 0 aliphatic carbocycles. The van der Waals surface area contributed by atoms with E-state index in [1.807, 2.05) is 0 Å². The van der Waals surface area contributed by atoms with E-state index in [1.165, 1.54) is 68.6 Å². The van der Waals surface area contributed by atoms with Crippen molar-refractivity contribution >= 4 is 17.8 Å². The Hall–Kier alpha value is -3.44. The molecule has 1 N–H and O–H groups in total. The van der Waals surface area contributed by atoms with E-state index in [2.05, 4.69) is 12.2 Å². The molecule has 2 atom stereocenters. The molecular formula is C35H49F3N2O6. The van der Waals surface area contributed by atoms with Crippen molar-refractivity contribution in [1.82, 2.24) is 10.4 Å². The fourth-order valence-electron chi connectivity index (χ4n) is 4.84. The lowest BCUT2D eigenvalue weighted by Gasteiger charge is -2.27. The lowest BCUT2D eigenvalue weighted by Crippen LogP contribution is -2.33. The van der Waals surface area contributed by atoms with Crippen LogP contribution in [0, 0.1) is 0 Å². The van der Waals surface area contributed by atoms with Crippen molar-refractivity contribution in [2.75, 3.05) is 6.54 Å². The number of alkyl halides is 3. The monoisotopic (exact) mass is 650 g/mol. The highest BCUT2D eigenvalue weighted by Crippen LogP contribution is 2.31. The third kappa shape index (κ3) is 14.3. The molecule has 0 aromatic heterocycles. The van der Waals surface area contributed by atoms with E-state index in [9.17, 15) is 27.6 Å². The van der Waals surface area contributed by atoms with Crippen LogP contribution in [0.15, 0.2) is 48.5 Å². The highest BCUT2D eigenvalue weighted by Gasteiger charge is 2.31. The molecule has 0 fully saturated rings. The molecular weight excluding hydrogens is 601 g/mol. The molecule has 2 rings (SSSR count). The van der Waals surface area contributed by atoms with E-state index in [4.69, 9.17) is 14.6 Å². The van der Waals surface area contributed by atoms with Crippen LogP contribution in [0.4, 0.5) is 13.2 Å². The molecule has 0 saturated heterocycles. The van der Waals surface area contributed by atoms with Gasteiger partial charge >= 0.3 is 18.1 Å². The summed E-state index contributed by atoms with van der Waals surface area (Å²) in [6.45, 7) is 7.35. The molecule has 256 valence electrons. The van der Waals surface area contributed by atoms with Gasteiger partial charge in [0.2, 0.25) is 6.10 Å². The summed E-state index contributed by atoms with van der Waals surface area (Å²) < 4.78 is 44.2. The first-order valence-electron chi connectivity index (χ1n) is 16.3. The van der Waals surface area contributed by atoms with Crippen LogP contribution in [-0.4, -0.2) is 35.6 Å². The van der Waals surface area contributed by atoms with Crippen molar-refractivity contribution in [2.45, 2.75) is 123 Å². The summed E-state index contributed by atoms with van der Waals surface area (Å²) in [6.07, 6.45) is 6.65. The average Bonchev–Trinajstić information content (AvgIpc) is 3.03. The van der Waals surface area contributed by atoms with Gasteiger partial charge in [0.05, 0.1) is 18.2 Å². The highest BCUT2D eigenvalue weighted by atomic mass is 19.4. The van der Waals surface area contributed by atoms with Crippen LogP contribution in [0.2, 0.25) is 0 Å². The third-order valence-corrected chi connectivity index (χ3v) is 7.68. The summed E-state index contributed by atoms with van der Waals surface area (Å²) >= 11 is 0. The first-order valence-corrected chi connectivity index (χ1v) is 16.3. The zero-order valence-electron chi connectivity index (χ0n) is 27.5. The van der Waals surface area contributed by atoms with Crippen molar-refractivity contribution in [2.24, 2.45) is 0 Å². The molecule has 0 spiro atoms. The summed E-state index contributed by atoms with van der Waals surface area (Å²) in [4.78, 5) is 46.8. The van der Waals surface area contributed by atoms with Crippen molar-refractivity contribution in [3.63, 3.8) is 0 Å². The topological polar surface area (TPSA) is 94.2 Å². The van der Waals surface area contributed by atoms with Gasteiger partial charge in [-0.2, -0.15) is 13.2 Å². The molecule has 0 aliphatic heterocycles. The van der Waals surface area contributed by atoms with Gasteiger partial charge in [0.25, 0.3) is 5.91 Å². The molecule has 2 aromatic carbocycles. The summed E-state index contributed by atoms with van der Waals surface area (Å²) in [5, 5.41) is 4.23. The Bertz CT molecular complexity index is 1190. The number of esters is 1. The number of hydrogen-bond donors (Lipinski definition) is 1. The Morgan fingerprint density at radius 3 is 1.91 bits per heavy atom. The number of rotatable bonds is 21. The second kappa shape index (κ2) is 20.6. The Balaban J connectivity index is 1.96. The lowest BCUT2D eigenvalue weighted by molar-refractivity contribution is -0.415. The van der Waals surface area contributed by atoms with Gasteiger partial charge in [-0.05, 0) is 55.2 Å². The average molecular weight is 651 g/mol. The molecule has 0 heterocycles. The Kier molecular flexibility index (Phi) is 17.4. The van der Waals surface area contributed by atoms with Crippen LogP contribution >= 0.6 is 0 Å². The van der Waals surface area contributed by atoms with Crippen LogP contribution in [0.3, 0.4) is 0 Å². The fourth-order valence-corrected chi connectivity index (χ4v) is 4.84. The molecule has 0 bridgehead atoms. The first kappa shape index (κ1) is 38.7. The Morgan fingerprint density at radius 2 is 1.39 bits per heavy atom. The number of halogens is 3. The van der Waals surface area contributed by atoms with Crippen LogP contribution in [0.5, 0.6) is 0 Å². The van der Waals surface area contributed by atoms with E-state index < -0.39 is 35.8 Å². The zero-order chi connectivity index (χ0) is 34.0. The summed E-state index contributed by atoms with van der Waals surface area (Å²) in [6, 6.07) is 10.7. The molecule has 0 aliphatic rings. The number of nitrogens with zero attached hydrogens (tertiary/aromatic N) is 1. The van der Waals surface area contributed by atoms with E-state index in [1.54, 1.807) is 38.1 Å². The van der Waals surface area contributed by atoms with Gasteiger partial charge in [0, 0.05) is 19.0 Å². The smallest absolute Gasteiger partial charge is 0.416 e. The number of hydrogen-bond acceptors (Lipinski definition) is 7. The third-order valence-electron chi connectivity index (χ3n) is 7.68. The SMILES string of the molecule is CCCCCCCCCCCCNC(=O)c1ccc(CN(OOC(=O)C(CC)OC(C)=O)C(C)c2ccc(C(F)(F)F)cc2)cc1. The minimum absolute atomic E-state index is 0.0559. The zero-order valence-corrected chi connectivity index (χ0v) is 27.5. The van der Waals surface area contributed by atoms with E-state index in [-0.39, 0.29) is 18.9 Å². The molecule has 2 aromatic rings. The largest absolute Gasteiger partial charge is 0.450 e. The van der Waals surface area contributed by atoms with Crippen LogP contribution in [0.25, 0.3) is 0 Å². The second-order valence-electron chi connectivity index (χ2n) is 11.5. The summed E-state index contributed by atoms with van der Waals surface area (Å²) in [7, 11) is 0. The second-order valence-corrected chi connectivity index (χ2v) is 11.5. The van der Waals surface area contributed by atoms with Crippen LogP contribution in [0.1, 0.15) is 131 Å². The number of ether oxygens (including phenoxy) is 1. The molecule has 8 nitrogen and oxygen atoms in total. The first-order chi connectivity index (χ1) is 22.0. The molecule has 46 heavy (non-hydrogen) atoms. The van der Waals surface area contributed by atoms with Crippen molar-refractivity contribution < 1.29 is 42.2 Å². The number of nitrogens with one attached hydrogen (secondary N) is 1. The standard InChI is InChI=1S/C35H49F3N2O6/c1-5-7-8-9-10-11-12-13-14-15-24-39-33(42)30-18-16-28(17-19-30)25-40(46-45-34(43)32(6-2)44-27(4)41)26(3)29-20-22-31(23-21-29)35(36,37)38/h16-23,26,32H,5-15,24-25H2,1-4H3,(H,39,42). The van der Waals surface area contributed by atoms with Gasteiger partial charge in [0.15, 0.2) is 0 Å². The molecule has 1 amide bonds. The lowest BCUT2D eigenvalue weighted by atomic mass is 10.0. The maximum Gasteiger partial charge on any atom is 0.416 e. The molecule has 2 unspecified atom stereocenters. The normalized spacial score (nSPS) is 12.9. The highest BCUT2D eigenvalue weighted by molar-refractivity contribution is 5.94. The number of benzene rings is 2. The quantitative estimate of drug-likeness (QED) is 0.0626. The van der Waals surface area contributed by atoms with Gasteiger partial charge in [0.1, 0.15) is 0 Å². The van der Waals surface area contributed by atoms with Gasteiger partial charge in [-0.15, -0.1) is 5.06 Å². The number of carbonyl (C=O) groups excluding carboxylic acids is 3. The predicted octanol–water partition coefficient (Wildman–Crippen LogP) is 8.65. The van der Waals surface area contributed by atoms with E-state index in [0.29, 0.717) is 23.2 Å². The Morgan fingerprint density at radius 1 is 0.826 bits per heavy atom. The van der Waals surface area contributed by atoms with Crippen LogP contribution in [-0.2, 0) is 36.9 Å².